The number of carbonyl (C=O) groups is 1. The number of nitrogens with zero attached hydrogens (tertiary/aromatic N) is 1. The van der Waals surface area contributed by atoms with Crippen LogP contribution >= 0.6 is 24.8 Å². The van der Waals surface area contributed by atoms with E-state index >= 15 is 0 Å². The number of ether oxygens (including phenoxy) is 1. The summed E-state index contributed by atoms with van der Waals surface area (Å²) in [6.45, 7) is 11.9. The zero-order valence-corrected chi connectivity index (χ0v) is 17.9. The van der Waals surface area contributed by atoms with Crippen molar-refractivity contribution >= 4 is 30.7 Å². The van der Waals surface area contributed by atoms with E-state index in [0.29, 0.717) is 18.9 Å². The van der Waals surface area contributed by atoms with Crippen LogP contribution in [0.15, 0.2) is 0 Å². The number of hydrogen-bond acceptors (Lipinski definition) is 4. The van der Waals surface area contributed by atoms with Gasteiger partial charge in [0.05, 0.1) is 6.10 Å². The maximum atomic E-state index is 12.8. The van der Waals surface area contributed by atoms with Gasteiger partial charge >= 0.3 is 0 Å². The van der Waals surface area contributed by atoms with E-state index in [-0.39, 0.29) is 48.3 Å². The molecule has 3 atom stereocenters. The third-order valence-electron chi connectivity index (χ3n) is 4.91. The Bertz CT molecular complexity index is 382. The third kappa shape index (κ3) is 5.73. The van der Waals surface area contributed by atoms with E-state index in [1.54, 1.807) is 0 Å². The molecule has 0 bridgehead atoms. The van der Waals surface area contributed by atoms with Gasteiger partial charge in [0, 0.05) is 31.0 Å². The van der Waals surface area contributed by atoms with E-state index in [1.165, 1.54) is 0 Å². The van der Waals surface area contributed by atoms with E-state index < -0.39 is 5.54 Å². The molecule has 3 unspecified atom stereocenters. The first-order chi connectivity index (χ1) is 10.0. The van der Waals surface area contributed by atoms with Gasteiger partial charge in [0.15, 0.2) is 0 Å². The van der Waals surface area contributed by atoms with Gasteiger partial charge < -0.3 is 20.7 Å². The summed E-state index contributed by atoms with van der Waals surface area (Å²) in [7, 11) is 4.05. The zero-order chi connectivity index (χ0) is 17.1. The number of hydrogen-bond donors (Lipinski definition) is 2. The molecule has 0 aliphatic heterocycles. The second-order valence-corrected chi connectivity index (χ2v) is 7.90. The Kier molecular flexibility index (Phi) is 11.1. The van der Waals surface area contributed by atoms with Crippen LogP contribution in [0.5, 0.6) is 0 Å². The number of nitrogens with two attached hydrogens (primary N) is 1. The predicted octanol–water partition coefficient (Wildman–Crippen LogP) is 2.46. The van der Waals surface area contributed by atoms with Crippen molar-refractivity contribution in [2.75, 3.05) is 27.2 Å². The molecule has 0 aromatic heterocycles. The highest BCUT2D eigenvalue weighted by molar-refractivity contribution is 5.89. The minimum atomic E-state index is -0.839. The fraction of sp³-hybridized carbons (Fsp3) is 0.941. The van der Waals surface area contributed by atoms with Gasteiger partial charge in [-0.25, -0.2) is 0 Å². The first-order valence-electron chi connectivity index (χ1n) is 8.40. The van der Waals surface area contributed by atoms with Gasteiger partial charge in [0.1, 0.15) is 5.54 Å². The average Bonchev–Trinajstić information content (AvgIpc) is 2.36. The van der Waals surface area contributed by atoms with Crippen molar-refractivity contribution in [2.45, 2.75) is 65.1 Å². The maximum absolute atomic E-state index is 12.8. The van der Waals surface area contributed by atoms with Crippen LogP contribution in [0, 0.1) is 11.3 Å². The van der Waals surface area contributed by atoms with Crippen molar-refractivity contribution in [3.05, 3.63) is 0 Å². The summed E-state index contributed by atoms with van der Waals surface area (Å²) in [5.41, 5.74) is 5.27. The molecule has 1 rings (SSSR count). The summed E-state index contributed by atoms with van der Waals surface area (Å²) in [6, 6.07) is 0.130. The van der Waals surface area contributed by atoms with Crippen LogP contribution in [0.1, 0.15) is 47.5 Å². The molecule has 0 aromatic rings. The highest BCUT2D eigenvalue weighted by Crippen LogP contribution is 2.49. The monoisotopic (exact) mass is 385 g/mol. The van der Waals surface area contributed by atoms with Crippen LogP contribution < -0.4 is 11.1 Å². The highest BCUT2D eigenvalue weighted by atomic mass is 35.5. The third-order valence-corrected chi connectivity index (χ3v) is 4.91. The normalized spacial score (nSPS) is 26.2. The average molecular weight is 386 g/mol. The lowest BCUT2D eigenvalue weighted by atomic mass is 9.54. The topological polar surface area (TPSA) is 67.6 Å². The van der Waals surface area contributed by atoms with Gasteiger partial charge in [-0.05, 0) is 33.4 Å². The largest absolute Gasteiger partial charge is 0.378 e. The van der Waals surface area contributed by atoms with E-state index in [2.05, 4.69) is 24.1 Å². The molecule has 7 heteroatoms. The van der Waals surface area contributed by atoms with Gasteiger partial charge in [-0.3, -0.25) is 4.79 Å². The predicted molar refractivity (Wildman–Crippen MR) is 105 cm³/mol. The molecule has 0 radical (unpaired) electrons. The van der Waals surface area contributed by atoms with Gasteiger partial charge in [-0.15, -0.1) is 24.8 Å². The lowest BCUT2D eigenvalue weighted by molar-refractivity contribution is -0.171. The van der Waals surface area contributed by atoms with Crippen molar-refractivity contribution in [2.24, 2.45) is 17.1 Å². The summed E-state index contributed by atoms with van der Waals surface area (Å²) >= 11 is 0. The van der Waals surface area contributed by atoms with E-state index in [0.717, 1.165) is 13.0 Å². The summed E-state index contributed by atoms with van der Waals surface area (Å²) in [4.78, 5) is 14.9. The first kappa shape index (κ1) is 26.2. The number of likely N-dealkylation sites (N-methyl/N-ethyl adjacent to an activating group) is 1. The fourth-order valence-electron chi connectivity index (χ4n) is 3.32. The SMILES string of the molecule is CCOC1CC(N)(C(=O)NC(CC(C)C)CN(C)C)C1(C)C.Cl.Cl. The number of amides is 1. The summed E-state index contributed by atoms with van der Waals surface area (Å²) < 4.78 is 5.70. The molecular weight excluding hydrogens is 349 g/mol. The summed E-state index contributed by atoms with van der Waals surface area (Å²) in [6.07, 6.45) is 1.61. The molecule has 1 saturated carbocycles. The quantitative estimate of drug-likeness (QED) is 0.673. The standard InChI is InChI=1S/C17H35N3O2.2ClH/c1-8-22-14-10-17(18,16(14,4)5)15(21)19-13(9-12(2)3)11-20(6)7;;/h12-14H,8-11,18H2,1-7H3,(H,19,21);2*1H. The number of halogens is 2. The first-order valence-corrected chi connectivity index (χ1v) is 8.40. The molecule has 1 aliphatic carbocycles. The van der Waals surface area contributed by atoms with Crippen LogP contribution in [0.3, 0.4) is 0 Å². The van der Waals surface area contributed by atoms with Gasteiger partial charge in [0.2, 0.25) is 5.91 Å². The summed E-state index contributed by atoms with van der Waals surface area (Å²) in [5, 5.41) is 3.18. The van der Waals surface area contributed by atoms with Crippen LogP contribution in [0.4, 0.5) is 0 Å². The van der Waals surface area contributed by atoms with Gasteiger partial charge in [-0.1, -0.05) is 27.7 Å². The second-order valence-electron chi connectivity index (χ2n) is 7.90. The van der Waals surface area contributed by atoms with Crippen LogP contribution in [-0.2, 0) is 9.53 Å². The molecule has 0 heterocycles. The number of nitrogens with one attached hydrogen (secondary N) is 1. The zero-order valence-electron chi connectivity index (χ0n) is 16.2. The molecule has 1 amide bonds. The molecule has 146 valence electrons. The lowest BCUT2D eigenvalue weighted by Gasteiger charge is -2.57. The molecule has 5 nitrogen and oxygen atoms in total. The van der Waals surface area contributed by atoms with Crippen LogP contribution in [0.2, 0.25) is 0 Å². The van der Waals surface area contributed by atoms with Gasteiger partial charge in [-0.2, -0.15) is 0 Å². The summed E-state index contributed by atoms with van der Waals surface area (Å²) in [5.74, 6) is 0.491. The second kappa shape index (κ2) is 10.2. The van der Waals surface area contributed by atoms with Crippen molar-refractivity contribution in [3.8, 4) is 0 Å². The van der Waals surface area contributed by atoms with E-state index in [1.807, 2.05) is 34.9 Å². The van der Waals surface area contributed by atoms with Gasteiger partial charge in [0.25, 0.3) is 0 Å². The van der Waals surface area contributed by atoms with Crippen molar-refractivity contribution in [1.29, 1.82) is 0 Å². The molecule has 1 fully saturated rings. The Morgan fingerprint density at radius 2 is 1.88 bits per heavy atom. The molecule has 1 aliphatic rings. The molecule has 24 heavy (non-hydrogen) atoms. The van der Waals surface area contributed by atoms with Crippen molar-refractivity contribution < 1.29 is 9.53 Å². The van der Waals surface area contributed by atoms with E-state index in [4.69, 9.17) is 10.5 Å². The van der Waals surface area contributed by atoms with Crippen LogP contribution in [0.25, 0.3) is 0 Å². The Hall–Kier alpha value is -0.0700. The Balaban J connectivity index is 0. The highest BCUT2D eigenvalue weighted by Gasteiger charge is 2.62. The minimum Gasteiger partial charge on any atom is -0.378 e. The van der Waals surface area contributed by atoms with Crippen molar-refractivity contribution in [3.63, 3.8) is 0 Å². The van der Waals surface area contributed by atoms with Crippen molar-refractivity contribution in [1.82, 2.24) is 10.2 Å². The molecule has 0 spiro atoms. The van der Waals surface area contributed by atoms with Crippen LogP contribution in [-0.4, -0.2) is 55.7 Å². The Morgan fingerprint density at radius 3 is 2.25 bits per heavy atom. The lowest BCUT2D eigenvalue weighted by Crippen LogP contribution is -2.76. The maximum Gasteiger partial charge on any atom is 0.241 e. The molecule has 0 saturated heterocycles. The Labute approximate surface area is 160 Å². The van der Waals surface area contributed by atoms with E-state index in [9.17, 15) is 4.79 Å². The Morgan fingerprint density at radius 1 is 1.33 bits per heavy atom. The minimum absolute atomic E-state index is 0. The molecule has 0 aromatic carbocycles. The molecule has 3 N–H and O–H groups in total. The fourth-order valence-corrected chi connectivity index (χ4v) is 3.32. The number of rotatable bonds is 8. The smallest absolute Gasteiger partial charge is 0.241 e. The molecular formula is C17H37Cl2N3O2. The number of carbonyl (C=O) groups excluding carboxylic acids is 1.